The van der Waals surface area contributed by atoms with Crippen molar-refractivity contribution in [3.8, 4) is 0 Å². The molecule has 0 unspecified atom stereocenters. The van der Waals surface area contributed by atoms with Crippen molar-refractivity contribution >= 4 is 34.8 Å². The van der Waals surface area contributed by atoms with Crippen LogP contribution in [0.15, 0.2) is 78.9 Å². The number of carbonyl (C=O) groups is 2. The molecule has 0 heterocycles. The number of nitrogens with one attached hydrogen (secondary N) is 2. The van der Waals surface area contributed by atoms with E-state index in [-0.39, 0.29) is 18.4 Å². The number of aryl methyl sites for hydroxylation is 1. The Labute approximate surface area is 181 Å². The summed E-state index contributed by atoms with van der Waals surface area (Å²) in [4.78, 5) is 27.4. The maximum absolute atomic E-state index is 13.1. The predicted molar refractivity (Wildman–Crippen MR) is 122 cm³/mol. The van der Waals surface area contributed by atoms with Crippen LogP contribution in [0.25, 0.3) is 0 Å². The number of anilines is 2. The van der Waals surface area contributed by atoms with E-state index >= 15 is 0 Å². The number of nitrogens with zero attached hydrogens (tertiary/aromatic N) is 1. The first-order chi connectivity index (χ1) is 14.4. The Morgan fingerprint density at radius 3 is 2.20 bits per heavy atom. The molecule has 0 aliphatic carbocycles. The van der Waals surface area contributed by atoms with E-state index in [0.29, 0.717) is 16.4 Å². The summed E-state index contributed by atoms with van der Waals surface area (Å²) in [7, 11) is 1.75. The lowest BCUT2D eigenvalue weighted by Gasteiger charge is -2.27. The standard InChI is InChI=1S/C24H24ClN3O2/c1-17-12-14-19(15-13-17)26-24(30)23(18-8-4-3-5-9-18)28(2)16-22(29)27-21-11-7-6-10-20(21)25/h3-15,23H,16H2,1-2H3,(H,26,30)(H,27,29)/t23-/m1/s1. The Morgan fingerprint density at radius 1 is 0.900 bits per heavy atom. The summed E-state index contributed by atoms with van der Waals surface area (Å²) in [5.41, 5.74) is 3.16. The first-order valence-electron chi connectivity index (χ1n) is 9.61. The van der Waals surface area contributed by atoms with E-state index in [0.717, 1.165) is 11.1 Å². The van der Waals surface area contributed by atoms with Crippen molar-refractivity contribution < 1.29 is 9.59 Å². The Hall–Kier alpha value is -3.15. The molecule has 0 aliphatic heterocycles. The van der Waals surface area contributed by atoms with Gasteiger partial charge in [0.25, 0.3) is 0 Å². The van der Waals surface area contributed by atoms with Gasteiger partial charge < -0.3 is 10.6 Å². The molecule has 0 saturated carbocycles. The average Bonchev–Trinajstić information content (AvgIpc) is 2.72. The lowest BCUT2D eigenvalue weighted by Crippen LogP contribution is -2.39. The van der Waals surface area contributed by atoms with Gasteiger partial charge in [-0.05, 0) is 43.8 Å². The van der Waals surface area contributed by atoms with Gasteiger partial charge in [-0.2, -0.15) is 0 Å². The van der Waals surface area contributed by atoms with Crippen LogP contribution in [0.5, 0.6) is 0 Å². The molecule has 154 valence electrons. The van der Waals surface area contributed by atoms with Crippen molar-refractivity contribution in [1.82, 2.24) is 4.90 Å². The smallest absolute Gasteiger partial charge is 0.246 e. The van der Waals surface area contributed by atoms with Crippen LogP contribution in [0.3, 0.4) is 0 Å². The normalized spacial score (nSPS) is 11.7. The van der Waals surface area contributed by atoms with Gasteiger partial charge in [-0.1, -0.05) is 71.8 Å². The van der Waals surface area contributed by atoms with Crippen LogP contribution < -0.4 is 10.6 Å². The molecule has 0 bridgehead atoms. The van der Waals surface area contributed by atoms with Gasteiger partial charge in [-0.3, -0.25) is 14.5 Å². The number of benzene rings is 3. The molecule has 0 spiro atoms. The van der Waals surface area contributed by atoms with E-state index in [4.69, 9.17) is 11.6 Å². The first kappa shape index (κ1) is 21.6. The van der Waals surface area contributed by atoms with E-state index < -0.39 is 6.04 Å². The highest BCUT2D eigenvalue weighted by atomic mass is 35.5. The predicted octanol–water partition coefficient (Wildman–Crippen LogP) is 4.90. The van der Waals surface area contributed by atoms with E-state index in [1.807, 2.05) is 61.5 Å². The highest BCUT2D eigenvalue weighted by molar-refractivity contribution is 6.33. The van der Waals surface area contributed by atoms with Crippen molar-refractivity contribution in [3.63, 3.8) is 0 Å². The Balaban J connectivity index is 1.76. The molecule has 0 aliphatic rings. The van der Waals surface area contributed by atoms with Gasteiger partial charge in [0.15, 0.2) is 0 Å². The fourth-order valence-corrected chi connectivity index (χ4v) is 3.34. The second-order valence-electron chi connectivity index (χ2n) is 7.11. The fraction of sp³-hybridized carbons (Fsp3) is 0.167. The fourth-order valence-electron chi connectivity index (χ4n) is 3.16. The molecule has 0 saturated heterocycles. The third-order valence-electron chi connectivity index (χ3n) is 4.66. The molecular formula is C24H24ClN3O2. The quantitative estimate of drug-likeness (QED) is 0.570. The molecule has 0 aromatic heterocycles. The summed E-state index contributed by atoms with van der Waals surface area (Å²) in [5, 5.41) is 6.21. The molecule has 3 aromatic carbocycles. The van der Waals surface area contributed by atoms with Crippen LogP contribution >= 0.6 is 11.6 Å². The molecule has 1 atom stereocenters. The molecule has 3 aromatic rings. The second-order valence-corrected chi connectivity index (χ2v) is 7.52. The summed E-state index contributed by atoms with van der Waals surface area (Å²) >= 11 is 6.12. The zero-order chi connectivity index (χ0) is 21.5. The summed E-state index contributed by atoms with van der Waals surface area (Å²) in [6.45, 7) is 2.01. The van der Waals surface area contributed by atoms with Crippen molar-refractivity contribution in [2.24, 2.45) is 0 Å². The molecule has 6 heteroatoms. The highest BCUT2D eigenvalue weighted by Crippen LogP contribution is 2.23. The number of likely N-dealkylation sites (N-methyl/N-ethyl adjacent to an activating group) is 1. The average molecular weight is 422 g/mol. The monoisotopic (exact) mass is 421 g/mol. The molecule has 2 N–H and O–H groups in total. The summed E-state index contributed by atoms with van der Waals surface area (Å²) in [6, 6.07) is 23.4. The highest BCUT2D eigenvalue weighted by Gasteiger charge is 2.26. The third-order valence-corrected chi connectivity index (χ3v) is 4.99. The van der Waals surface area contributed by atoms with Gasteiger partial charge in [-0.15, -0.1) is 0 Å². The molecule has 3 rings (SSSR count). The SMILES string of the molecule is Cc1ccc(NC(=O)[C@@H](c2ccccc2)N(C)CC(=O)Nc2ccccc2Cl)cc1. The van der Waals surface area contributed by atoms with Crippen molar-refractivity contribution in [3.05, 3.63) is 95.0 Å². The molecule has 30 heavy (non-hydrogen) atoms. The van der Waals surface area contributed by atoms with Crippen LogP contribution in [0.2, 0.25) is 5.02 Å². The van der Waals surface area contributed by atoms with E-state index in [1.54, 1.807) is 36.2 Å². The molecule has 0 fully saturated rings. The van der Waals surface area contributed by atoms with Gasteiger partial charge in [0.05, 0.1) is 17.3 Å². The lowest BCUT2D eigenvalue weighted by atomic mass is 10.0. The van der Waals surface area contributed by atoms with Gasteiger partial charge >= 0.3 is 0 Å². The largest absolute Gasteiger partial charge is 0.324 e. The molecule has 5 nitrogen and oxygen atoms in total. The van der Waals surface area contributed by atoms with Crippen LogP contribution in [0, 0.1) is 6.92 Å². The Kier molecular flexibility index (Phi) is 7.22. The second kappa shape index (κ2) is 10.1. The number of carbonyl (C=O) groups excluding carboxylic acids is 2. The molecule has 0 radical (unpaired) electrons. The summed E-state index contributed by atoms with van der Waals surface area (Å²) < 4.78 is 0. The first-order valence-corrected chi connectivity index (χ1v) is 9.99. The van der Waals surface area contributed by atoms with Crippen LogP contribution in [0.4, 0.5) is 11.4 Å². The van der Waals surface area contributed by atoms with Crippen LogP contribution in [-0.4, -0.2) is 30.3 Å². The van der Waals surface area contributed by atoms with Crippen molar-refractivity contribution in [2.75, 3.05) is 24.2 Å². The zero-order valence-corrected chi connectivity index (χ0v) is 17.7. The molecular weight excluding hydrogens is 398 g/mol. The van der Waals surface area contributed by atoms with Crippen LogP contribution in [0.1, 0.15) is 17.2 Å². The zero-order valence-electron chi connectivity index (χ0n) is 16.9. The van der Waals surface area contributed by atoms with Crippen molar-refractivity contribution in [1.29, 1.82) is 0 Å². The minimum Gasteiger partial charge on any atom is -0.324 e. The van der Waals surface area contributed by atoms with Gasteiger partial charge in [-0.25, -0.2) is 0 Å². The number of halogens is 1. The third kappa shape index (κ3) is 5.69. The lowest BCUT2D eigenvalue weighted by molar-refractivity contribution is -0.123. The number of rotatable bonds is 7. The minimum absolute atomic E-state index is 0.0199. The molecule has 2 amide bonds. The van der Waals surface area contributed by atoms with Gasteiger partial charge in [0, 0.05) is 5.69 Å². The Morgan fingerprint density at radius 2 is 1.53 bits per heavy atom. The number of hydrogen-bond donors (Lipinski definition) is 2. The number of para-hydroxylation sites is 1. The maximum atomic E-state index is 13.1. The van der Waals surface area contributed by atoms with Gasteiger partial charge in [0.2, 0.25) is 11.8 Å². The van der Waals surface area contributed by atoms with Gasteiger partial charge in [0.1, 0.15) is 6.04 Å². The Bertz CT molecular complexity index is 1010. The number of amides is 2. The summed E-state index contributed by atoms with van der Waals surface area (Å²) in [5.74, 6) is -0.465. The summed E-state index contributed by atoms with van der Waals surface area (Å²) in [6.07, 6.45) is 0. The maximum Gasteiger partial charge on any atom is 0.246 e. The van der Waals surface area contributed by atoms with E-state index in [1.165, 1.54) is 0 Å². The number of hydrogen-bond acceptors (Lipinski definition) is 3. The van der Waals surface area contributed by atoms with E-state index in [9.17, 15) is 9.59 Å². The van der Waals surface area contributed by atoms with Crippen LogP contribution in [-0.2, 0) is 9.59 Å². The van der Waals surface area contributed by atoms with E-state index in [2.05, 4.69) is 10.6 Å². The minimum atomic E-state index is -0.635. The topological polar surface area (TPSA) is 61.4 Å². The van der Waals surface area contributed by atoms with Crippen molar-refractivity contribution in [2.45, 2.75) is 13.0 Å².